The van der Waals surface area contributed by atoms with Gasteiger partial charge in [-0.05, 0) is 87.9 Å². The molecule has 26 heteroatoms. The first-order chi connectivity index (χ1) is 39.1. The number of aliphatic hydroxyl groups is 5. The summed E-state index contributed by atoms with van der Waals surface area (Å²) in [4.78, 5) is 45.4. The highest BCUT2D eigenvalue weighted by molar-refractivity contribution is 14.1. The molecule has 4 heterocycles. The molecule has 0 unspecified atom stereocenters. The third-order valence-electron chi connectivity index (χ3n) is 14.6. The number of thioether (sulfide) groups is 1. The summed E-state index contributed by atoms with van der Waals surface area (Å²) >= 11 is 2.83. The maximum Gasteiger partial charge on any atom is 0.411 e. The standard InChI is InChI=1S/C56H78IN3O21S/c1-13-19-32-40(28(4)59-55(67)73-12)35(20-17-15-16-18-21-56(32,68)22-23-61)78-54-49(79-37-25-36(69-8)33(26-74-37)58-14-2)44(64)42(29(5)76-54)60-81-38-24-34(62)51(31(7)75-38)82-52(66)39-27(3)41(57)47(50(72-11)46(39)70-9)80-53-45(65)48(71-10)43(63)30(6)77-53/h15-16,19,23,29-31,33-38,42-45,48-49,51,53-54,58,60,62-65,68H,13-14,22,24-26H2,1-12H3,(H,59,67)/b16-15-,32-19+,40-28-/t29-,30-,31+,33-,34-,35-,36-,37-,38-,42+,43-,44-,45+,48+,49+,51+,53-,54-,56-/m0/s1. The number of allylic oxidation sites excluding steroid dienone is 4. The summed E-state index contributed by atoms with van der Waals surface area (Å²) in [6.07, 6.45) is -12.5. The summed E-state index contributed by atoms with van der Waals surface area (Å²) in [7, 11) is 6.84. The van der Waals surface area contributed by atoms with E-state index in [1.807, 2.05) is 36.4 Å². The number of aliphatic hydroxyl groups excluding tert-OH is 4. The van der Waals surface area contributed by atoms with Crippen molar-refractivity contribution in [2.24, 2.45) is 0 Å². The Morgan fingerprint density at radius 3 is 2.21 bits per heavy atom. The van der Waals surface area contributed by atoms with Crippen LogP contribution in [-0.2, 0) is 52.3 Å². The average Bonchev–Trinajstić information content (AvgIpc) is 2.82. The molecule has 4 aliphatic heterocycles. The highest BCUT2D eigenvalue weighted by atomic mass is 127. The van der Waals surface area contributed by atoms with Crippen LogP contribution in [0.5, 0.6) is 17.2 Å². The van der Waals surface area contributed by atoms with Crippen LogP contribution in [0.4, 0.5) is 4.79 Å². The lowest BCUT2D eigenvalue weighted by atomic mass is 9.81. The first-order valence-electron chi connectivity index (χ1n) is 26.9. The summed E-state index contributed by atoms with van der Waals surface area (Å²) in [5, 5.41) is 62.6. The molecular formula is C56H78IN3O21S. The second kappa shape index (κ2) is 30.9. The molecule has 0 aromatic heterocycles. The van der Waals surface area contributed by atoms with Gasteiger partial charge in [-0.15, -0.1) is 0 Å². The monoisotopic (exact) mass is 1290 g/mol. The van der Waals surface area contributed by atoms with Crippen LogP contribution in [0, 0.1) is 34.2 Å². The van der Waals surface area contributed by atoms with E-state index in [9.17, 15) is 39.9 Å². The van der Waals surface area contributed by atoms with Gasteiger partial charge in [-0.1, -0.05) is 55.4 Å². The Morgan fingerprint density at radius 1 is 0.866 bits per heavy atom. The fraction of sp³-hybridized carbons (Fsp3) is 0.661. The van der Waals surface area contributed by atoms with E-state index in [1.165, 1.54) is 40.6 Å². The number of hydrogen-bond acceptors (Lipinski definition) is 24. The van der Waals surface area contributed by atoms with E-state index >= 15 is 0 Å². The Bertz CT molecular complexity index is 2590. The van der Waals surface area contributed by atoms with Gasteiger partial charge in [0, 0.05) is 50.3 Å². The predicted octanol–water partition coefficient (Wildman–Crippen LogP) is 2.58. The molecule has 5 aliphatic rings. The molecule has 1 amide bonds. The minimum absolute atomic E-state index is 0.0281. The van der Waals surface area contributed by atoms with Crippen molar-refractivity contribution in [2.45, 2.75) is 189 Å². The number of halogens is 1. The molecule has 0 saturated carbocycles. The molecule has 1 aromatic rings. The Hall–Kier alpha value is -3.99. The topological polar surface area (TPSA) is 308 Å². The van der Waals surface area contributed by atoms with E-state index in [2.05, 4.69) is 39.8 Å². The van der Waals surface area contributed by atoms with E-state index in [1.54, 1.807) is 47.8 Å². The number of likely N-dealkylation sites (N-methyl/N-ethyl adjacent to an activating group) is 1. The van der Waals surface area contributed by atoms with Gasteiger partial charge >= 0.3 is 6.09 Å². The van der Waals surface area contributed by atoms with Gasteiger partial charge in [0.25, 0.3) is 0 Å². The molecule has 1 aromatic carbocycles. The number of hydroxylamine groups is 1. The second-order valence-electron chi connectivity index (χ2n) is 20.0. The zero-order valence-corrected chi connectivity index (χ0v) is 51.0. The first-order valence-corrected chi connectivity index (χ1v) is 28.9. The van der Waals surface area contributed by atoms with E-state index in [4.69, 9.17) is 61.7 Å². The number of ether oxygens (including phenoxy) is 12. The lowest BCUT2D eigenvalue weighted by Crippen LogP contribution is -2.65. The van der Waals surface area contributed by atoms with Gasteiger partial charge in [0.2, 0.25) is 17.2 Å². The van der Waals surface area contributed by atoms with Crippen molar-refractivity contribution >= 4 is 51.8 Å². The minimum Gasteiger partial charge on any atom is -0.492 e. The largest absolute Gasteiger partial charge is 0.492 e. The maximum atomic E-state index is 14.4. The van der Waals surface area contributed by atoms with E-state index < -0.39 is 121 Å². The summed E-state index contributed by atoms with van der Waals surface area (Å²) in [5.41, 5.74) is 1.76. The number of amides is 1. The smallest absolute Gasteiger partial charge is 0.411 e. The summed E-state index contributed by atoms with van der Waals surface area (Å²) in [6.45, 7) is 12.8. The molecule has 0 spiro atoms. The predicted molar refractivity (Wildman–Crippen MR) is 303 cm³/mol. The SMILES string of the molecule is CC/C=C1\C(=C(/C)NC(=O)OC)[C@@H](O[C@@H]2O[C@@H](C)[C@@H](NO[C@H]3C[C@H](O)[C@H](SC(=O)c4c(C)c(I)c(O[C@@H]5O[C@@H](C)[C@H](O)[C@@H](OC)[C@H]5O)c(OC)c4OC)[C@@H](C)O3)[C@H](O)[C@H]2O[C@H]2C[C@H](OC)[C@@H](NCC)CO2)C#C/C=C\C#C[C@]1(O)CC=O. The second-order valence-corrected chi connectivity index (χ2v) is 22.2. The molecule has 456 valence electrons. The Labute approximate surface area is 495 Å². The molecule has 19 atom stereocenters. The number of carbonyl (C=O) groups excluding carboxylic acids is 3. The van der Waals surface area contributed by atoms with Crippen LogP contribution in [0.3, 0.4) is 0 Å². The number of aldehydes is 1. The van der Waals surface area contributed by atoms with Crippen molar-refractivity contribution in [2.75, 3.05) is 48.7 Å². The fourth-order valence-electron chi connectivity index (χ4n) is 10.3. The number of rotatable bonds is 21. The number of hydrogen-bond donors (Lipinski definition) is 8. The lowest BCUT2D eigenvalue weighted by Gasteiger charge is -2.46. The van der Waals surface area contributed by atoms with Crippen molar-refractivity contribution in [3.63, 3.8) is 0 Å². The number of benzene rings is 1. The third-order valence-corrected chi connectivity index (χ3v) is 17.3. The van der Waals surface area contributed by atoms with Gasteiger partial charge in [-0.25, -0.2) is 4.79 Å². The average molecular weight is 1290 g/mol. The zero-order chi connectivity index (χ0) is 60.2. The molecule has 1 aliphatic carbocycles. The van der Waals surface area contributed by atoms with Gasteiger partial charge in [0.15, 0.2) is 36.0 Å². The van der Waals surface area contributed by atoms with E-state index in [0.29, 0.717) is 28.4 Å². The first kappa shape index (κ1) is 67.1. The number of methoxy groups -OCH3 is 5. The summed E-state index contributed by atoms with van der Waals surface area (Å²) in [6, 6.07) is -1.24. The highest BCUT2D eigenvalue weighted by Crippen LogP contribution is 2.49. The quantitative estimate of drug-likeness (QED) is 0.0380. The Balaban J connectivity index is 1.24. The van der Waals surface area contributed by atoms with Crippen LogP contribution >= 0.6 is 34.4 Å². The molecule has 4 fully saturated rings. The fourth-order valence-corrected chi connectivity index (χ4v) is 12.1. The van der Waals surface area contributed by atoms with E-state index in [0.717, 1.165) is 11.8 Å². The van der Waals surface area contributed by atoms with Crippen LogP contribution in [0.1, 0.15) is 83.1 Å². The van der Waals surface area contributed by atoms with Gasteiger partial charge in [-0.3, -0.25) is 14.9 Å². The molecule has 0 bridgehead atoms. The maximum absolute atomic E-state index is 14.4. The molecule has 8 N–H and O–H groups in total. The Morgan fingerprint density at radius 2 is 1.57 bits per heavy atom. The lowest BCUT2D eigenvalue weighted by molar-refractivity contribution is -0.336. The molecular weight excluding hydrogens is 1210 g/mol. The van der Waals surface area contributed by atoms with Crippen LogP contribution in [0.2, 0.25) is 0 Å². The van der Waals surface area contributed by atoms with Crippen molar-refractivity contribution in [1.29, 1.82) is 0 Å². The van der Waals surface area contributed by atoms with E-state index in [-0.39, 0.29) is 71.2 Å². The van der Waals surface area contributed by atoms with Crippen LogP contribution in [-0.4, -0.2) is 207 Å². The van der Waals surface area contributed by atoms with Gasteiger partial charge < -0.3 is 92.5 Å². The van der Waals surface area contributed by atoms with Crippen molar-refractivity contribution in [3.8, 4) is 40.9 Å². The number of carbonyl (C=O) groups is 3. The molecule has 24 nitrogen and oxygen atoms in total. The molecule has 4 saturated heterocycles. The zero-order valence-electron chi connectivity index (χ0n) is 48.0. The van der Waals surface area contributed by atoms with Gasteiger partial charge in [-0.2, -0.15) is 5.48 Å². The molecule has 6 rings (SSSR count). The van der Waals surface area contributed by atoms with Crippen molar-refractivity contribution in [3.05, 3.63) is 49.8 Å². The molecule has 82 heavy (non-hydrogen) atoms. The van der Waals surface area contributed by atoms with Crippen LogP contribution in [0.25, 0.3) is 0 Å². The number of nitrogens with one attached hydrogen (secondary N) is 3. The minimum atomic E-state index is -2.09. The Kier molecular flexibility index (Phi) is 25.3. The van der Waals surface area contributed by atoms with Crippen LogP contribution < -0.4 is 30.3 Å². The summed E-state index contributed by atoms with van der Waals surface area (Å²) < 4.78 is 72.4. The van der Waals surface area contributed by atoms with Gasteiger partial charge in [0.1, 0.15) is 42.9 Å². The van der Waals surface area contributed by atoms with Crippen molar-refractivity contribution in [1.82, 2.24) is 16.1 Å². The summed E-state index contributed by atoms with van der Waals surface area (Å²) in [5.74, 6) is 11.6. The third kappa shape index (κ3) is 15.5. The van der Waals surface area contributed by atoms with Gasteiger partial charge in [0.05, 0.1) is 84.9 Å². The molecule has 0 radical (unpaired) electrons. The normalized spacial score (nSPS) is 36.3. The van der Waals surface area contributed by atoms with Crippen molar-refractivity contribution < 1.29 is 102 Å². The highest BCUT2D eigenvalue weighted by Gasteiger charge is 2.51. The number of alkyl carbamates (subject to hydrolysis) is 1. The van der Waals surface area contributed by atoms with Crippen LogP contribution in [0.15, 0.2) is 35.1 Å².